The predicted octanol–water partition coefficient (Wildman–Crippen LogP) is 0.703. The van der Waals surface area contributed by atoms with Crippen LogP contribution in [0.4, 0.5) is 0 Å². The van der Waals surface area contributed by atoms with Crippen LogP contribution in [0.25, 0.3) is 0 Å². The van der Waals surface area contributed by atoms with E-state index in [-0.39, 0.29) is 29.8 Å². The van der Waals surface area contributed by atoms with E-state index in [0.717, 1.165) is 45.6 Å². The predicted molar refractivity (Wildman–Crippen MR) is 64.8 cm³/mol. The maximum atomic E-state index is 11.7. The number of hydrogen-bond donors (Lipinski definition) is 2. The summed E-state index contributed by atoms with van der Waals surface area (Å²) in [4.78, 5) is 11.7. The van der Waals surface area contributed by atoms with Gasteiger partial charge in [-0.2, -0.15) is 0 Å². The van der Waals surface area contributed by atoms with Gasteiger partial charge in [-0.05, 0) is 25.8 Å². The van der Waals surface area contributed by atoms with Crippen LogP contribution >= 0.6 is 12.4 Å². The van der Waals surface area contributed by atoms with Gasteiger partial charge in [-0.15, -0.1) is 12.4 Å². The van der Waals surface area contributed by atoms with Crippen molar-refractivity contribution in [3.8, 4) is 0 Å². The van der Waals surface area contributed by atoms with E-state index in [1.165, 1.54) is 0 Å². The van der Waals surface area contributed by atoms with Gasteiger partial charge in [-0.3, -0.25) is 4.79 Å². The standard InChI is InChI=1S/C11H20N2O2.ClH/c1-11(4-6-15-8-11)7-13-10(14)9-3-2-5-12-9;/h9,12H,2-8H2,1H3,(H,13,14);1H/t9-,11?;/m0./s1. The van der Waals surface area contributed by atoms with E-state index < -0.39 is 0 Å². The summed E-state index contributed by atoms with van der Waals surface area (Å²) in [6.45, 7) is 5.48. The van der Waals surface area contributed by atoms with Gasteiger partial charge in [0.25, 0.3) is 0 Å². The molecule has 0 aromatic heterocycles. The largest absolute Gasteiger partial charge is 0.381 e. The molecule has 2 heterocycles. The van der Waals surface area contributed by atoms with Crippen molar-refractivity contribution in [3.05, 3.63) is 0 Å². The van der Waals surface area contributed by atoms with Crippen molar-refractivity contribution >= 4 is 18.3 Å². The molecular formula is C11H21ClN2O2. The maximum Gasteiger partial charge on any atom is 0.237 e. The second-order valence-electron chi connectivity index (χ2n) is 4.98. The summed E-state index contributed by atoms with van der Waals surface area (Å²) in [5.74, 6) is 0.153. The van der Waals surface area contributed by atoms with Crippen LogP contribution in [-0.2, 0) is 9.53 Å². The minimum absolute atomic E-state index is 0. The molecule has 1 amide bonds. The first-order valence-electron chi connectivity index (χ1n) is 5.78. The quantitative estimate of drug-likeness (QED) is 0.773. The highest BCUT2D eigenvalue weighted by Crippen LogP contribution is 2.26. The van der Waals surface area contributed by atoms with Crippen molar-refractivity contribution in [1.29, 1.82) is 0 Å². The van der Waals surface area contributed by atoms with E-state index in [4.69, 9.17) is 4.74 Å². The Balaban J connectivity index is 0.00000128. The zero-order valence-corrected chi connectivity index (χ0v) is 10.6. The van der Waals surface area contributed by atoms with Crippen LogP contribution in [-0.4, -0.2) is 38.3 Å². The van der Waals surface area contributed by atoms with E-state index in [1.807, 2.05) is 0 Å². The normalized spacial score (nSPS) is 33.4. The van der Waals surface area contributed by atoms with Gasteiger partial charge < -0.3 is 15.4 Å². The van der Waals surface area contributed by atoms with E-state index in [2.05, 4.69) is 17.6 Å². The molecule has 2 aliphatic rings. The molecule has 0 bridgehead atoms. The first kappa shape index (κ1) is 13.7. The highest BCUT2D eigenvalue weighted by molar-refractivity contribution is 5.85. The molecule has 0 spiro atoms. The molecule has 0 aliphatic carbocycles. The van der Waals surface area contributed by atoms with Crippen LogP contribution < -0.4 is 10.6 Å². The third kappa shape index (κ3) is 3.34. The molecule has 0 aromatic rings. The Morgan fingerprint density at radius 3 is 3.00 bits per heavy atom. The Labute approximate surface area is 103 Å². The van der Waals surface area contributed by atoms with Gasteiger partial charge >= 0.3 is 0 Å². The molecule has 0 saturated carbocycles. The summed E-state index contributed by atoms with van der Waals surface area (Å²) in [5, 5.41) is 6.23. The highest BCUT2D eigenvalue weighted by atomic mass is 35.5. The topological polar surface area (TPSA) is 50.4 Å². The average Bonchev–Trinajstić information content (AvgIpc) is 2.85. The number of ether oxygens (including phenoxy) is 1. The monoisotopic (exact) mass is 248 g/mol. The second-order valence-corrected chi connectivity index (χ2v) is 4.98. The number of carbonyl (C=O) groups excluding carboxylic acids is 1. The maximum absolute atomic E-state index is 11.7. The van der Waals surface area contributed by atoms with Crippen molar-refractivity contribution in [2.75, 3.05) is 26.3 Å². The Hall–Kier alpha value is -0.320. The minimum atomic E-state index is 0. The van der Waals surface area contributed by atoms with Gasteiger partial charge in [-0.1, -0.05) is 6.92 Å². The first-order valence-corrected chi connectivity index (χ1v) is 5.78. The zero-order valence-electron chi connectivity index (χ0n) is 9.75. The Kier molecular flexibility index (Phi) is 5.02. The smallest absolute Gasteiger partial charge is 0.237 e. The van der Waals surface area contributed by atoms with Crippen LogP contribution in [0, 0.1) is 5.41 Å². The lowest BCUT2D eigenvalue weighted by molar-refractivity contribution is -0.123. The summed E-state index contributed by atoms with van der Waals surface area (Å²) >= 11 is 0. The number of rotatable bonds is 3. The second kappa shape index (κ2) is 5.84. The third-order valence-electron chi connectivity index (χ3n) is 3.37. The summed E-state index contributed by atoms with van der Waals surface area (Å²) in [6.07, 6.45) is 3.13. The lowest BCUT2D eigenvalue weighted by atomic mass is 9.90. The molecular weight excluding hydrogens is 228 g/mol. The van der Waals surface area contributed by atoms with Gasteiger partial charge in [0.2, 0.25) is 5.91 Å². The molecule has 0 aromatic carbocycles. The Morgan fingerprint density at radius 1 is 1.62 bits per heavy atom. The molecule has 2 saturated heterocycles. The minimum Gasteiger partial charge on any atom is -0.381 e. The average molecular weight is 249 g/mol. The molecule has 2 fully saturated rings. The van der Waals surface area contributed by atoms with Crippen molar-refractivity contribution in [3.63, 3.8) is 0 Å². The van der Waals surface area contributed by atoms with Gasteiger partial charge in [-0.25, -0.2) is 0 Å². The first-order chi connectivity index (χ1) is 7.20. The fourth-order valence-electron chi connectivity index (χ4n) is 2.18. The van der Waals surface area contributed by atoms with Crippen molar-refractivity contribution in [2.24, 2.45) is 5.41 Å². The molecule has 2 aliphatic heterocycles. The Bertz CT molecular complexity index is 236. The molecule has 0 radical (unpaired) electrons. The molecule has 16 heavy (non-hydrogen) atoms. The molecule has 5 heteroatoms. The summed E-state index contributed by atoms with van der Waals surface area (Å²) < 4.78 is 5.35. The lowest BCUT2D eigenvalue weighted by Crippen LogP contribution is -2.44. The molecule has 2 N–H and O–H groups in total. The van der Waals surface area contributed by atoms with Crippen LogP contribution in [0.2, 0.25) is 0 Å². The molecule has 2 atom stereocenters. The van der Waals surface area contributed by atoms with Gasteiger partial charge in [0.15, 0.2) is 0 Å². The number of halogens is 1. The van der Waals surface area contributed by atoms with Crippen LogP contribution in [0.15, 0.2) is 0 Å². The molecule has 4 nitrogen and oxygen atoms in total. The highest BCUT2D eigenvalue weighted by Gasteiger charge is 2.31. The van der Waals surface area contributed by atoms with Crippen LogP contribution in [0.5, 0.6) is 0 Å². The SMILES string of the molecule is CC1(CNC(=O)[C@@H]2CCCN2)CCOC1.Cl. The number of hydrogen-bond acceptors (Lipinski definition) is 3. The van der Waals surface area contributed by atoms with E-state index in [9.17, 15) is 4.79 Å². The van der Waals surface area contributed by atoms with E-state index in [1.54, 1.807) is 0 Å². The summed E-state index contributed by atoms with van der Waals surface area (Å²) in [7, 11) is 0. The van der Waals surface area contributed by atoms with Crippen LogP contribution in [0.3, 0.4) is 0 Å². The van der Waals surface area contributed by atoms with Gasteiger partial charge in [0.1, 0.15) is 0 Å². The number of carbonyl (C=O) groups is 1. The molecule has 1 unspecified atom stereocenters. The number of amides is 1. The summed E-state index contributed by atoms with van der Waals surface area (Å²) in [5.41, 5.74) is 0.147. The van der Waals surface area contributed by atoms with E-state index >= 15 is 0 Å². The molecule has 2 rings (SSSR count). The lowest BCUT2D eigenvalue weighted by Gasteiger charge is -2.23. The van der Waals surface area contributed by atoms with E-state index in [0.29, 0.717) is 0 Å². The third-order valence-corrected chi connectivity index (χ3v) is 3.37. The number of nitrogens with one attached hydrogen (secondary N) is 2. The van der Waals surface area contributed by atoms with Gasteiger partial charge in [0.05, 0.1) is 12.6 Å². The van der Waals surface area contributed by atoms with Gasteiger partial charge in [0, 0.05) is 18.6 Å². The fourth-order valence-corrected chi connectivity index (χ4v) is 2.18. The Morgan fingerprint density at radius 2 is 2.44 bits per heavy atom. The fraction of sp³-hybridized carbons (Fsp3) is 0.909. The van der Waals surface area contributed by atoms with Crippen molar-refractivity contribution < 1.29 is 9.53 Å². The summed E-state index contributed by atoms with van der Waals surface area (Å²) in [6, 6.07) is 0.0379. The van der Waals surface area contributed by atoms with Crippen LogP contribution in [0.1, 0.15) is 26.2 Å². The van der Waals surface area contributed by atoms with Crippen molar-refractivity contribution in [1.82, 2.24) is 10.6 Å². The zero-order chi connectivity index (χ0) is 10.7. The van der Waals surface area contributed by atoms with Crippen molar-refractivity contribution in [2.45, 2.75) is 32.2 Å². The molecule has 94 valence electrons.